The largest absolute Gasteiger partial charge is 0.618 e. The van der Waals surface area contributed by atoms with Crippen molar-refractivity contribution in [1.29, 1.82) is 0 Å². The van der Waals surface area contributed by atoms with Crippen molar-refractivity contribution >= 4 is 27.9 Å². The van der Waals surface area contributed by atoms with Gasteiger partial charge in [0.25, 0.3) is 0 Å². The van der Waals surface area contributed by atoms with Gasteiger partial charge >= 0.3 is 5.97 Å². The number of hydrogen-bond acceptors (Lipinski definition) is 6. The fourth-order valence-corrected chi connectivity index (χ4v) is 5.90. The zero-order valence-corrected chi connectivity index (χ0v) is 21.6. The third-order valence-electron chi connectivity index (χ3n) is 7.60. The molecular weight excluding hydrogens is 482 g/mol. The second-order valence-electron chi connectivity index (χ2n) is 9.83. The van der Waals surface area contributed by atoms with Gasteiger partial charge in [-0.3, -0.25) is 0 Å². The van der Waals surface area contributed by atoms with Crippen LogP contribution < -0.4 is 4.73 Å². The number of aryl methyl sites for hydroxylation is 2. The van der Waals surface area contributed by atoms with Gasteiger partial charge < -0.3 is 19.2 Å². The molecular formula is C29H29N5O4. The Kier molecular flexibility index (Phi) is 6.07. The molecule has 1 aliphatic heterocycles. The molecule has 1 saturated heterocycles. The van der Waals surface area contributed by atoms with Gasteiger partial charge in [0, 0.05) is 20.3 Å². The van der Waals surface area contributed by atoms with Crippen molar-refractivity contribution in [2.75, 3.05) is 20.3 Å². The highest BCUT2D eigenvalue weighted by Gasteiger charge is 2.32. The van der Waals surface area contributed by atoms with Crippen molar-refractivity contribution in [3.63, 3.8) is 0 Å². The average Bonchev–Trinajstić information content (AvgIpc) is 3.45. The molecule has 1 unspecified atom stereocenters. The SMILES string of the molecule is COC(=O)c1ccc2c(c1)n(C(c1ccccc1)C1CCOCC1)c1cc(-c3c(C)nnn3C)c[n+]([O-])c21. The number of aromatic nitrogens is 5. The van der Waals surface area contributed by atoms with E-state index in [1.54, 1.807) is 16.9 Å². The molecule has 194 valence electrons. The molecule has 6 rings (SSSR count). The topological polar surface area (TPSA) is 98.1 Å². The molecule has 0 saturated carbocycles. The summed E-state index contributed by atoms with van der Waals surface area (Å²) in [4.78, 5) is 12.5. The number of fused-ring (bicyclic) bond motifs is 3. The number of ether oxygens (including phenoxy) is 2. The van der Waals surface area contributed by atoms with Crippen LogP contribution in [0.4, 0.5) is 0 Å². The first kappa shape index (κ1) is 24.1. The number of esters is 1. The van der Waals surface area contributed by atoms with Crippen molar-refractivity contribution in [2.45, 2.75) is 25.8 Å². The minimum absolute atomic E-state index is 0.0750. The minimum atomic E-state index is -0.418. The van der Waals surface area contributed by atoms with Crippen molar-refractivity contribution in [3.8, 4) is 11.3 Å². The lowest BCUT2D eigenvalue weighted by Crippen LogP contribution is -2.29. The van der Waals surface area contributed by atoms with Gasteiger partial charge in [-0.05, 0) is 55.5 Å². The predicted molar refractivity (Wildman–Crippen MR) is 143 cm³/mol. The molecule has 5 aromatic rings. The Bertz CT molecular complexity index is 1630. The van der Waals surface area contributed by atoms with E-state index in [1.807, 2.05) is 50.4 Å². The summed E-state index contributed by atoms with van der Waals surface area (Å²) in [5.41, 5.74) is 5.99. The van der Waals surface area contributed by atoms with Crippen LogP contribution in [0.3, 0.4) is 0 Å². The normalized spacial score (nSPS) is 15.2. The fraction of sp³-hybridized carbons (Fsp3) is 0.310. The Hall–Kier alpha value is -4.24. The number of carbonyl (C=O) groups is 1. The molecule has 4 heterocycles. The maximum Gasteiger partial charge on any atom is 0.337 e. The van der Waals surface area contributed by atoms with Crippen LogP contribution in [0.5, 0.6) is 0 Å². The van der Waals surface area contributed by atoms with Crippen molar-refractivity contribution in [2.24, 2.45) is 13.0 Å². The van der Waals surface area contributed by atoms with Crippen LogP contribution in [0.2, 0.25) is 0 Å². The van der Waals surface area contributed by atoms with Crippen LogP contribution in [-0.2, 0) is 16.5 Å². The third kappa shape index (κ3) is 3.90. The Labute approximate surface area is 219 Å². The summed E-state index contributed by atoms with van der Waals surface area (Å²) >= 11 is 0. The van der Waals surface area contributed by atoms with E-state index in [-0.39, 0.29) is 12.0 Å². The molecule has 1 aliphatic rings. The lowest BCUT2D eigenvalue weighted by Gasteiger charge is -2.33. The van der Waals surface area contributed by atoms with E-state index in [1.165, 1.54) is 7.11 Å². The van der Waals surface area contributed by atoms with E-state index in [4.69, 9.17) is 9.47 Å². The number of benzene rings is 2. The molecule has 3 aromatic heterocycles. The van der Waals surface area contributed by atoms with Crippen LogP contribution in [-0.4, -0.2) is 45.9 Å². The predicted octanol–water partition coefficient (Wildman–Crippen LogP) is 4.33. The maximum atomic E-state index is 13.7. The summed E-state index contributed by atoms with van der Waals surface area (Å²) in [5, 5.41) is 22.8. The number of methoxy groups -OCH3 is 1. The summed E-state index contributed by atoms with van der Waals surface area (Å²) < 4.78 is 15.6. The zero-order chi connectivity index (χ0) is 26.4. The van der Waals surface area contributed by atoms with E-state index in [2.05, 4.69) is 27.0 Å². The van der Waals surface area contributed by atoms with Crippen LogP contribution in [0, 0.1) is 18.0 Å². The molecule has 0 radical (unpaired) electrons. The van der Waals surface area contributed by atoms with Gasteiger partial charge in [0.15, 0.2) is 6.20 Å². The van der Waals surface area contributed by atoms with Gasteiger partial charge in [0.1, 0.15) is 5.52 Å². The third-order valence-corrected chi connectivity index (χ3v) is 7.60. The summed E-state index contributed by atoms with van der Waals surface area (Å²) in [7, 11) is 3.20. The molecule has 0 N–H and O–H groups in total. The molecule has 1 atom stereocenters. The van der Waals surface area contributed by atoms with E-state index in [9.17, 15) is 10.0 Å². The molecule has 9 nitrogen and oxygen atoms in total. The van der Waals surface area contributed by atoms with Gasteiger partial charge in [0.05, 0.1) is 46.6 Å². The van der Waals surface area contributed by atoms with Crippen LogP contribution >= 0.6 is 0 Å². The fourth-order valence-electron chi connectivity index (χ4n) is 5.90. The number of carbonyl (C=O) groups excluding carboxylic acids is 1. The molecule has 9 heteroatoms. The number of pyridine rings is 1. The molecule has 0 bridgehead atoms. The quantitative estimate of drug-likeness (QED) is 0.198. The molecule has 0 aliphatic carbocycles. The number of nitrogens with zero attached hydrogens (tertiary/aromatic N) is 5. The Morgan fingerprint density at radius 1 is 1.13 bits per heavy atom. The summed E-state index contributed by atoms with van der Waals surface area (Å²) in [6, 6.07) is 17.7. The lowest BCUT2D eigenvalue weighted by atomic mass is 9.86. The van der Waals surface area contributed by atoms with E-state index in [0.29, 0.717) is 24.3 Å². The monoisotopic (exact) mass is 511 g/mol. The average molecular weight is 512 g/mol. The highest BCUT2D eigenvalue weighted by atomic mass is 16.5. The Morgan fingerprint density at radius 3 is 2.58 bits per heavy atom. The van der Waals surface area contributed by atoms with Crippen LogP contribution in [0.25, 0.3) is 33.2 Å². The minimum Gasteiger partial charge on any atom is -0.618 e. The smallest absolute Gasteiger partial charge is 0.337 e. The summed E-state index contributed by atoms with van der Waals surface area (Å²) in [6.45, 7) is 3.26. The first-order chi connectivity index (χ1) is 18.5. The maximum absolute atomic E-state index is 13.7. The second kappa shape index (κ2) is 9.57. The van der Waals surface area contributed by atoms with Crippen molar-refractivity contribution in [3.05, 3.63) is 82.8 Å². The van der Waals surface area contributed by atoms with Crippen LogP contribution in [0.1, 0.15) is 40.5 Å². The zero-order valence-electron chi connectivity index (χ0n) is 21.6. The molecule has 38 heavy (non-hydrogen) atoms. The molecule has 1 fully saturated rings. The standard InChI is InChI=1S/C29H29N5O4/c1-18-26(32(2)31-30-18)22-16-25-28(33(36)17-22)23-10-9-21(29(35)37-3)15-24(23)34(25)27(19-7-5-4-6-8-19)20-11-13-38-14-12-20/h4-10,15-17,20,27H,11-14H2,1-3H3. The van der Waals surface area contributed by atoms with Crippen molar-refractivity contribution in [1.82, 2.24) is 19.6 Å². The highest BCUT2D eigenvalue weighted by Crippen LogP contribution is 2.41. The van der Waals surface area contributed by atoms with Gasteiger partial charge in [-0.1, -0.05) is 35.5 Å². The van der Waals surface area contributed by atoms with E-state index >= 15 is 0 Å². The summed E-state index contributed by atoms with van der Waals surface area (Å²) in [6.07, 6.45) is 3.36. The van der Waals surface area contributed by atoms with Gasteiger partial charge in [0.2, 0.25) is 5.52 Å². The van der Waals surface area contributed by atoms with Gasteiger partial charge in [-0.15, -0.1) is 5.10 Å². The summed E-state index contributed by atoms with van der Waals surface area (Å²) in [5.74, 6) is -0.145. The van der Waals surface area contributed by atoms with Crippen molar-refractivity contribution < 1.29 is 19.0 Å². The van der Waals surface area contributed by atoms with E-state index < -0.39 is 5.97 Å². The highest BCUT2D eigenvalue weighted by molar-refractivity contribution is 6.07. The Balaban J connectivity index is 1.72. The number of rotatable bonds is 5. The van der Waals surface area contributed by atoms with E-state index in [0.717, 1.165) is 56.5 Å². The van der Waals surface area contributed by atoms with Gasteiger partial charge in [-0.2, -0.15) is 4.73 Å². The number of hydrogen-bond donors (Lipinski definition) is 0. The molecule has 0 amide bonds. The molecule has 0 spiro atoms. The first-order valence-electron chi connectivity index (χ1n) is 12.8. The van der Waals surface area contributed by atoms with Gasteiger partial charge in [-0.25, -0.2) is 9.48 Å². The Morgan fingerprint density at radius 2 is 1.89 bits per heavy atom. The lowest BCUT2D eigenvalue weighted by molar-refractivity contribution is -0.575. The first-order valence-corrected chi connectivity index (χ1v) is 12.8. The van der Waals surface area contributed by atoms with Crippen LogP contribution in [0.15, 0.2) is 60.8 Å². The molecule has 2 aromatic carbocycles. The second-order valence-corrected chi connectivity index (χ2v) is 9.83.